The minimum Gasteiger partial charge on any atom is -0.456 e. The van der Waals surface area contributed by atoms with Crippen molar-refractivity contribution < 1.29 is 19.1 Å². The van der Waals surface area contributed by atoms with Crippen LogP contribution >= 0.6 is 0 Å². The van der Waals surface area contributed by atoms with Crippen LogP contribution in [-0.4, -0.2) is 80.2 Å². The van der Waals surface area contributed by atoms with Gasteiger partial charge in [0.2, 0.25) is 0 Å². The quantitative estimate of drug-likeness (QED) is 0.590. The third-order valence-corrected chi connectivity index (χ3v) is 6.56. The number of ether oxygens (including phenoxy) is 2. The molecule has 2 aliphatic rings. The van der Waals surface area contributed by atoms with Crippen molar-refractivity contribution in [1.29, 1.82) is 0 Å². The van der Waals surface area contributed by atoms with E-state index in [1.807, 2.05) is 75.2 Å². The molecule has 7 heteroatoms. The number of hydrogen-bond donors (Lipinski definition) is 0. The monoisotopic (exact) mass is 479 g/mol. The summed E-state index contributed by atoms with van der Waals surface area (Å²) in [5.74, 6) is -0.222. The number of fused-ring (bicyclic) bond motifs is 1. The molecular weight excluding hydrogens is 442 g/mol. The minimum atomic E-state index is -0.499. The summed E-state index contributed by atoms with van der Waals surface area (Å²) in [5, 5.41) is 0. The summed E-state index contributed by atoms with van der Waals surface area (Å²) in [6.07, 6.45) is 0.869. The van der Waals surface area contributed by atoms with Crippen LogP contribution in [0.5, 0.6) is 0 Å². The van der Waals surface area contributed by atoms with E-state index in [-0.39, 0.29) is 11.9 Å². The molecule has 2 heterocycles. The zero-order valence-electron chi connectivity index (χ0n) is 21.4. The first-order valence-electron chi connectivity index (χ1n) is 12.5. The van der Waals surface area contributed by atoms with Crippen molar-refractivity contribution in [2.45, 2.75) is 39.4 Å². The van der Waals surface area contributed by atoms with E-state index >= 15 is 0 Å². The van der Waals surface area contributed by atoms with Crippen LogP contribution in [0.1, 0.15) is 52.6 Å². The molecule has 0 radical (unpaired) electrons. The molecule has 0 spiro atoms. The van der Waals surface area contributed by atoms with Crippen LogP contribution in [-0.2, 0) is 22.5 Å². The molecule has 1 saturated heterocycles. The lowest BCUT2D eigenvalue weighted by molar-refractivity contribution is 0.00694. The van der Waals surface area contributed by atoms with Gasteiger partial charge < -0.3 is 19.3 Å². The number of carbonyl (C=O) groups is 2. The molecule has 2 aliphatic heterocycles. The van der Waals surface area contributed by atoms with Crippen LogP contribution in [0, 0.1) is 0 Å². The fourth-order valence-corrected chi connectivity index (χ4v) is 4.49. The standard InChI is InChI=1S/C28H37N3O4/c1-28(2,3)35-27(33)21-7-9-25(10-8-21)31-16-14-30(15-17-31)13-12-29(4)26(32)23-5-6-24-20-34-18-11-22(24)19-23/h5-10,19H,11-18,20H2,1-4H3. The van der Waals surface area contributed by atoms with E-state index in [0.29, 0.717) is 18.7 Å². The van der Waals surface area contributed by atoms with E-state index in [1.165, 1.54) is 11.1 Å². The molecule has 0 bridgehead atoms. The molecule has 4 rings (SSSR count). The third-order valence-electron chi connectivity index (χ3n) is 6.56. The average molecular weight is 480 g/mol. The topological polar surface area (TPSA) is 62.3 Å². The Balaban J connectivity index is 1.23. The number of anilines is 1. The first kappa shape index (κ1) is 25.2. The molecular formula is C28H37N3O4. The van der Waals surface area contributed by atoms with Crippen LogP contribution < -0.4 is 4.90 Å². The number of benzene rings is 2. The van der Waals surface area contributed by atoms with E-state index in [2.05, 4.69) is 9.80 Å². The highest BCUT2D eigenvalue weighted by atomic mass is 16.6. The summed E-state index contributed by atoms with van der Waals surface area (Å²) in [6, 6.07) is 13.6. The molecule has 0 N–H and O–H groups in total. The fourth-order valence-electron chi connectivity index (χ4n) is 4.49. The summed E-state index contributed by atoms with van der Waals surface area (Å²) in [5.41, 5.74) is 4.36. The van der Waals surface area contributed by atoms with Gasteiger partial charge in [-0.25, -0.2) is 4.79 Å². The van der Waals surface area contributed by atoms with Crippen LogP contribution in [0.2, 0.25) is 0 Å². The molecule has 188 valence electrons. The predicted octanol–water partition coefficient (Wildman–Crippen LogP) is 3.61. The summed E-state index contributed by atoms with van der Waals surface area (Å²) < 4.78 is 10.9. The highest BCUT2D eigenvalue weighted by Crippen LogP contribution is 2.21. The maximum absolute atomic E-state index is 12.9. The second kappa shape index (κ2) is 10.8. The molecule has 2 aromatic carbocycles. The molecule has 0 atom stereocenters. The normalized spacial score (nSPS) is 16.5. The van der Waals surface area contributed by atoms with Gasteiger partial charge in [0.1, 0.15) is 5.60 Å². The molecule has 1 amide bonds. The number of carbonyl (C=O) groups excluding carboxylic acids is 2. The highest BCUT2D eigenvalue weighted by molar-refractivity contribution is 5.94. The Hall–Kier alpha value is -2.90. The van der Waals surface area contributed by atoms with Crippen LogP contribution in [0.4, 0.5) is 5.69 Å². The molecule has 0 aromatic heterocycles. The second-order valence-corrected chi connectivity index (χ2v) is 10.4. The summed E-state index contributed by atoms with van der Waals surface area (Å²) >= 11 is 0. The van der Waals surface area contributed by atoms with Gasteiger partial charge in [-0.3, -0.25) is 9.69 Å². The maximum Gasteiger partial charge on any atom is 0.338 e. The number of rotatable bonds is 6. The van der Waals surface area contributed by atoms with Crippen LogP contribution in [0.3, 0.4) is 0 Å². The van der Waals surface area contributed by atoms with Gasteiger partial charge >= 0.3 is 5.97 Å². The van der Waals surface area contributed by atoms with Crippen molar-refractivity contribution in [2.24, 2.45) is 0 Å². The van der Waals surface area contributed by atoms with Gasteiger partial charge in [0, 0.05) is 57.6 Å². The lowest BCUT2D eigenvalue weighted by Gasteiger charge is -2.36. The Labute approximate surface area is 208 Å². The molecule has 0 saturated carbocycles. The van der Waals surface area contributed by atoms with E-state index in [0.717, 1.165) is 57.0 Å². The Morgan fingerprint density at radius 3 is 2.34 bits per heavy atom. The van der Waals surface area contributed by atoms with Crippen molar-refractivity contribution in [3.8, 4) is 0 Å². The zero-order valence-corrected chi connectivity index (χ0v) is 21.4. The zero-order chi connectivity index (χ0) is 25.0. The van der Waals surface area contributed by atoms with E-state index in [1.54, 1.807) is 0 Å². The van der Waals surface area contributed by atoms with Gasteiger partial charge in [0.05, 0.1) is 18.8 Å². The average Bonchev–Trinajstić information content (AvgIpc) is 2.86. The first-order chi connectivity index (χ1) is 16.7. The van der Waals surface area contributed by atoms with Gasteiger partial charge in [-0.15, -0.1) is 0 Å². The maximum atomic E-state index is 12.9. The van der Waals surface area contributed by atoms with Crippen molar-refractivity contribution in [2.75, 3.05) is 57.8 Å². The largest absolute Gasteiger partial charge is 0.456 e. The Kier molecular flexibility index (Phi) is 7.77. The molecule has 0 aliphatic carbocycles. The van der Waals surface area contributed by atoms with Crippen LogP contribution in [0.15, 0.2) is 42.5 Å². The van der Waals surface area contributed by atoms with Gasteiger partial charge in [-0.1, -0.05) is 6.07 Å². The number of nitrogens with zero attached hydrogens (tertiary/aromatic N) is 3. The van der Waals surface area contributed by atoms with Crippen molar-refractivity contribution >= 4 is 17.6 Å². The number of likely N-dealkylation sites (N-methyl/N-ethyl adjacent to an activating group) is 1. The number of esters is 1. The van der Waals surface area contributed by atoms with E-state index in [4.69, 9.17) is 9.47 Å². The Morgan fingerprint density at radius 2 is 1.66 bits per heavy atom. The molecule has 2 aromatic rings. The van der Waals surface area contributed by atoms with Crippen molar-refractivity contribution in [3.05, 3.63) is 64.7 Å². The summed E-state index contributed by atoms with van der Waals surface area (Å²) in [7, 11) is 1.88. The Bertz CT molecular complexity index is 1040. The lowest BCUT2D eigenvalue weighted by Crippen LogP contribution is -2.48. The highest BCUT2D eigenvalue weighted by Gasteiger charge is 2.21. The van der Waals surface area contributed by atoms with Gasteiger partial charge in [-0.2, -0.15) is 0 Å². The minimum absolute atomic E-state index is 0.0722. The number of hydrogen-bond acceptors (Lipinski definition) is 6. The van der Waals surface area contributed by atoms with Crippen molar-refractivity contribution in [1.82, 2.24) is 9.80 Å². The molecule has 1 fully saturated rings. The van der Waals surface area contributed by atoms with Gasteiger partial charge in [0.15, 0.2) is 0 Å². The second-order valence-electron chi connectivity index (χ2n) is 10.4. The SMILES string of the molecule is CN(CCN1CCN(c2ccc(C(=O)OC(C)(C)C)cc2)CC1)C(=O)c1ccc2c(c1)CCOC2. The number of amides is 1. The fraction of sp³-hybridized carbons (Fsp3) is 0.500. The van der Waals surface area contributed by atoms with Gasteiger partial charge in [-0.05, 0) is 74.7 Å². The Morgan fingerprint density at radius 1 is 0.971 bits per heavy atom. The summed E-state index contributed by atoms with van der Waals surface area (Å²) in [6.45, 7) is 12.2. The molecule has 35 heavy (non-hydrogen) atoms. The first-order valence-corrected chi connectivity index (χ1v) is 12.5. The smallest absolute Gasteiger partial charge is 0.338 e. The van der Waals surface area contributed by atoms with Crippen molar-refractivity contribution in [3.63, 3.8) is 0 Å². The van der Waals surface area contributed by atoms with E-state index < -0.39 is 5.60 Å². The summed E-state index contributed by atoms with van der Waals surface area (Å²) in [4.78, 5) is 31.7. The predicted molar refractivity (Wildman–Crippen MR) is 137 cm³/mol. The molecule has 0 unspecified atom stereocenters. The third kappa shape index (κ3) is 6.61. The lowest BCUT2D eigenvalue weighted by atomic mass is 10.00. The van der Waals surface area contributed by atoms with Gasteiger partial charge in [0.25, 0.3) is 5.91 Å². The molecule has 7 nitrogen and oxygen atoms in total. The van der Waals surface area contributed by atoms with E-state index in [9.17, 15) is 9.59 Å². The van der Waals surface area contributed by atoms with Crippen LogP contribution in [0.25, 0.3) is 0 Å². The number of piperazine rings is 1.